The highest BCUT2D eigenvalue weighted by Crippen LogP contribution is 1.97. The Morgan fingerprint density at radius 1 is 1.70 bits per heavy atom. The van der Waals surface area contributed by atoms with Crippen LogP contribution in [0, 0.1) is 0 Å². The molecule has 0 saturated carbocycles. The van der Waals surface area contributed by atoms with Gasteiger partial charge in [-0.2, -0.15) is 0 Å². The highest BCUT2D eigenvalue weighted by Gasteiger charge is 1.88. The van der Waals surface area contributed by atoms with Crippen LogP contribution < -0.4 is 0 Å². The first-order chi connectivity index (χ1) is 4.93. The quantitative estimate of drug-likeness (QED) is 0.592. The molecule has 0 saturated heterocycles. The summed E-state index contributed by atoms with van der Waals surface area (Å²) in [7, 11) is 0. The van der Waals surface area contributed by atoms with Crippen LogP contribution in [0.5, 0.6) is 0 Å². The summed E-state index contributed by atoms with van der Waals surface area (Å²) in [6.45, 7) is 3.55. The van der Waals surface area contributed by atoms with Crippen molar-refractivity contribution in [2.24, 2.45) is 0 Å². The molecule has 1 aromatic heterocycles. The summed E-state index contributed by atoms with van der Waals surface area (Å²) in [6.07, 6.45) is 9.49. The van der Waals surface area contributed by atoms with Gasteiger partial charge in [0.15, 0.2) is 6.39 Å². The third-order valence-corrected chi connectivity index (χ3v) is 1.07. The van der Waals surface area contributed by atoms with Gasteiger partial charge in [-0.25, -0.2) is 4.98 Å². The predicted molar refractivity (Wildman–Crippen MR) is 39.5 cm³/mol. The second kappa shape index (κ2) is 3.67. The molecular formula is C8H9NO. The average Bonchev–Trinajstić information content (AvgIpc) is 2.41. The van der Waals surface area contributed by atoms with Gasteiger partial charge < -0.3 is 4.42 Å². The number of rotatable bonds is 3. The van der Waals surface area contributed by atoms with Crippen LogP contribution in [0.3, 0.4) is 0 Å². The summed E-state index contributed by atoms with van der Waals surface area (Å²) in [5.74, 6) is 0.873. The summed E-state index contributed by atoms with van der Waals surface area (Å²) < 4.78 is 4.98. The fourth-order valence-corrected chi connectivity index (χ4v) is 0.623. The van der Waals surface area contributed by atoms with Crippen molar-refractivity contribution in [3.05, 3.63) is 43.2 Å². The molecule has 0 aliphatic rings. The number of hydrogen-bond donors (Lipinski definition) is 0. The molecule has 0 aliphatic heterocycles. The van der Waals surface area contributed by atoms with Crippen LogP contribution in [-0.4, -0.2) is 4.98 Å². The van der Waals surface area contributed by atoms with Crippen LogP contribution in [0.1, 0.15) is 5.76 Å². The fourth-order valence-electron chi connectivity index (χ4n) is 0.623. The van der Waals surface area contributed by atoms with E-state index in [0.717, 1.165) is 12.2 Å². The molecule has 1 rings (SSSR count). The third kappa shape index (κ3) is 1.90. The van der Waals surface area contributed by atoms with Crippen LogP contribution in [0.2, 0.25) is 0 Å². The highest BCUT2D eigenvalue weighted by atomic mass is 16.3. The van der Waals surface area contributed by atoms with Crippen LogP contribution in [0.15, 0.2) is 41.8 Å². The lowest BCUT2D eigenvalue weighted by atomic mass is 10.3. The van der Waals surface area contributed by atoms with Gasteiger partial charge in [-0.1, -0.05) is 24.8 Å². The lowest BCUT2D eigenvalue weighted by Crippen LogP contribution is -1.72. The molecule has 0 atom stereocenters. The number of allylic oxidation sites excluding steroid dienone is 3. The standard InChI is InChI=1S/C8H9NO/c1-2-3-4-5-8-6-9-7-10-8/h2-4,6-7H,1,5H2. The summed E-state index contributed by atoms with van der Waals surface area (Å²) in [5, 5.41) is 0. The SMILES string of the molecule is C=CC=CCc1cnco1. The minimum atomic E-state index is 0.784. The van der Waals surface area contributed by atoms with Gasteiger partial charge in [0.2, 0.25) is 0 Å². The molecule has 0 spiro atoms. The summed E-state index contributed by atoms with van der Waals surface area (Å²) in [4.78, 5) is 3.77. The van der Waals surface area contributed by atoms with E-state index >= 15 is 0 Å². The molecule has 2 heteroatoms. The van der Waals surface area contributed by atoms with Crippen LogP contribution in [0.25, 0.3) is 0 Å². The van der Waals surface area contributed by atoms with Gasteiger partial charge in [0.1, 0.15) is 5.76 Å². The van der Waals surface area contributed by atoms with Gasteiger partial charge in [-0.15, -0.1) is 0 Å². The molecule has 0 amide bonds. The number of hydrogen-bond acceptors (Lipinski definition) is 2. The second-order valence-electron chi connectivity index (χ2n) is 1.84. The minimum absolute atomic E-state index is 0.784. The Morgan fingerprint density at radius 3 is 3.20 bits per heavy atom. The van der Waals surface area contributed by atoms with Crippen molar-refractivity contribution in [3.63, 3.8) is 0 Å². The lowest BCUT2D eigenvalue weighted by molar-refractivity contribution is 0.516. The Morgan fingerprint density at radius 2 is 2.60 bits per heavy atom. The van der Waals surface area contributed by atoms with E-state index in [4.69, 9.17) is 4.42 Å². The molecule has 0 fully saturated rings. The van der Waals surface area contributed by atoms with Crippen molar-refractivity contribution >= 4 is 0 Å². The number of oxazole rings is 1. The Hall–Kier alpha value is -1.31. The molecule has 1 aromatic rings. The maximum atomic E-state index is 4.98. The van der Waals surface area contributed by atoms with E-state index in [9.17, 15) is 0 Å². The first kappa shape index (κ1) is 6.81. The van der Waals surface area contributed by atoms with E-state index in [1.165, 1.54) is 6.39 Å². The van der Waals surface area contributed by atoms with Gasteiger partial charge in [0.25, 0.3) is 0 Å². The first-order valence-corrected chi connectivity index (χ1v) is 3.08. The maximum absolute atomic E-state index is 4.98. The Kier molecular flexibility index (Phi) is 2.49. The van der Waals surface area contributed by atoms with Crippen molar-refractivity contribution in [3.8, 4) is 0 Å². The zero-order valence-electron chi connectivity index (χ0n) is 5.66. The minimum Gasteiger partial charge on any atom is -0.448 e. The highest BCUT2D eigenvalue weighted by molar-refractivity contribution is 5.03. The average molecular weight is 135 g/mol. The van der Waals surface area contributed by atoms with Gasteiger partial charge in [0.05, 0.1) is 6.20 Å². The molecule has 0 N–H and O–H groups in total. The van der Waals surface area contributed by atoms with Crippen molar-refractivity contribution in [1.82, 2.24) is 4.98 Å². The number of aromatic nitrogens is 1. The van der Waals surface area contributed by atoms with Crippen LogP contribution >= 0.6 is 0 Å². The van der Waals surface area contributed by atoms with Crippen molar-refractivity contribution < 1.29 is 4.42 Å². The van der Waals surface area contributed by atoms with E-state index in [1.54, 1.807) is 12.3 Å². The Bertz CT molecular complexity index is 211. The van der Waals surface area contributed by atoms with Crippen LogP contribution in [0.4, 0.5) is 0 Å². The molecule has 0 aromatic carbocycles. The molecule has 2 nitrogen and oxygen atoms in total. The molecule has 0 unspecified atom stereocenters. The van der Waals surface area contributed by atoms with Gasteiger partial charge in [-0.3, -0.25) is 0 Å². The number of nitrogens with zero attached hydrogens (tertiary/aromatic N) is 1. The van der Waals surface area contributed by atoms with Crippen molar-refractivity contribution in [1.29, 1.82) is 0 Å². The monoisotopic (exact) mass is 135 g/mol. The summed E-state index contributed by atoms with van der Waals surface area (Å²) >= 11 is 0. The van der Waals surface area contributed by atoms with E-state index in [0.29, 0.717) is 0 Å². The second-order valence-corrected chi connectivity index (χ2v) is 1.84. The van der Waals surface area contributed by atoms with E-state index in [2.05, 4.69) is 11.6 Å². The molecule has 1 heterocycles. The maximum Gasteiger partial charge on any atom is 0.180 e. The third-order valence-electron chi connectivity index (χ3n) is 1.07. The van der Waals surface area contributed by atoms with Crippen molar-refractivity contribution in [2.75, 3.05) is 0 Å². The lowest BCUT2D eigenvalue weighted by Gasteiger charge is -1.82. The molecule has 10 heavy (non-hydrogen) atoms. The predicted octanol–water partition coefficient (Wildman–Crippen LogP) is 1.96. The molecule has 52 valence electrons. The molecular weight excluding hydrogens is 126 g/mol. The fraction of sp³-hybridized carbons (Fsp3) is 0.125. The van der Waals surface area contributed by atoms with E-state index in [-0.39, 0.29) is 0 Å². The van der Waals surface area contributed by atoms with Gasteiger partial charge >= 0.3 is 0 Å². The zero-order valence-corrected chi connectivity index (χ0v) is 5.66. The molecule has 0 bridgehead atoms. The summed E-state index contributed by atoms with van der Waals surface area (Å²) in [6, 6.07) is 0. The largest absolute Gasteiger partial charge is 0.448 e. The van der Waals surface area contributed by atoms with E-state index < -0.39 is 0 Å². The molecule has 0 radical (unpaired) electrons. The smallest absolute Gasteiger partial charge is 0.180 e. The topological polar surface area (TPSA) is 26.0 Å². The van der Waals surface area contributed by atoms with E-state index in [1.807, 2.05) is 12.2 Å². The van der Waals surface area contributed by atoms with Crippen molar-refractivity contribution in [2.45, 2.75) is 6.42 Å². The van der Waals surface area contributed by atoms with Crippen LogP contribution in [-0.2, 0) is 6.42 Å². The zero-order chi connectivity index (χ0) is 7.23. The molecule has 0 aliphatic carbocycles. The first-order valence-electron chi connectivity index (χ1n) is 3.08. The Balaban J connectivity index is 2.41. The summed E-state index contributed by atoms with van der Waals surface area (Å²) in [5.41, 5.74) is 0. The normalized spacial score (nSPS) is 10.4. The van der Waals surface area contributed by atoms with Gasteiger partial charge in [-0.05, 0) is 0 Å². The van der Waals surface area contributed by atoms with Gasteiger partial charge in [0, 0.05) is 6.42 Å². The Labute approximate surface area is 59.9 Å².